The number of rotatable bonds is 10. The van der Waals surface area contributed by atoms with Gasteiger partial charge >= 0.3 is 0 Å². The van der Waals surface area contributed by atoms with Gasteiger partial charge in [-0.25, -0.2) is 10.9 Å². The first-order valence-corrected chi connectivity index (χ1v) is 11.5. The summed E-state index contributed by atoms with van der Waals surface area (Å²) in [4.78, 5) is 24.1. The summed E-state index contributed by atoms with van der Waals surface area (Å²) >= 11 is 0. The van der Waals surface area contributed by atoms with E-state index in [2.05, 4.69) is 73.0 Å². The van der Waals surface area contributed by atoms with E-state index in [4.69, 9.17) is 0 Å². The quantitative estimate of drug-likeness (QED) is 0.296. The van der Waals surface area contributed by atoms with Crippen molar-refractivity contribution < 1.29 is 9.59 Å². The van der Waals surface area contributed by atoms with Crippen LogP contribution in [0.25, 0.3) is 0 Å². The molecule has 0 aromatic heterocycles. The zero-order valence-electron chi connectivity index (χ0n) is 20.7. The topological polar surface area (TPSA) is 82.9 Å². The van der Waals surface area contributed by atoms with E-state index in [1.807, 2.05) is 26.0 Å². The summed E-state index contributed by atoms with van der Waals surface area (Å²) in [6, 6.07) is 12.3. The summed E-state index contributed by atoms with van der Waals surface area (Å²) in [5.74, 6) is -0.229. The first-order valence-electron chi connectivity index (χ1n) is 11.5. The molecule has 0 atom stereocenters. The molecule has 0 spiro atoms. The second-order valence-electron chi connectivity index (χ2n) is 8.62. The normalized spacial score (nSPS) is 11.9. The van der Waals surface area contributed by atoms with E-state index in [-0.39, 0.29) is 11.8 Å². The Kier molecular flexibility index (Phi) is 9.98. The van der Waals surface area contributed by atoms with Crippen LogP contribution in [-0.2, 0) is 9.59 Å². The van der Waals surface area contributed by atoms with Crippen LogP contribution in [0.2, 0.25) is 0 Å². The lowest BCUT2D eigenvalue weighted by Gasteiger charge is -2.06. The molecule has 6 nitrogen and oxygen atoms in total. The van der Waals surface area contributed by atoms with Crippen LogP contribution < -0.4 is 10.9 Å². The maximum absolute atomic E-state index is 12.0. The van der Waals surface area contributed by atoms with Crippen molar-refractivity contribution in [2.45, 2.75) is 73.6 Å². The van der Waals surface area contributed by atoms with Crippen molar-refractivity contribution in [2.24, 2.45) is 10.2 Å². The van der Waals surface area contributed by atoms with E-state index in [0.29, 0.717) is 25.7 Å². The summed E-state index contributed by atoms with van der Waals surface area (Å²) in [6.07, 6.45) is 2.98. The lowest BCUT2D eigenvalue weighted by atomic mass is 10.0. The molecule has 2 aromatic rings. The molecule has 0 heterocycles. The van der Waals surface area contributed by atoms with Gasteiger partial charge in [0.05, 0.1) is 11.4 Å². The summed E-state index contributed by atoms with van der Waals surface area (Å²) < 4.78 is 0. The van der Waals surface area contributed by atoms with Crippen molar-refractivity contribution in [2.75, 3.05) is 0 Å². The summed E-state index contributed by atoms with van der Waals surface area (Å²) in [6.45, 7) is 12.0. The molecular formula is C27H36N4O2. The van der Waals surface area contributed by atoms with Crippen molar-refractivity contribution in [3.05, 3.63) is 69.8 Å². The highest BCUT2D eigenvalue weighted by Crippen LogP contribution is 2.12. The molecule has 0 radical (unpaired) electrons. The number of hydrogen-bond donors (Lipinski definition) is 2. The average Bonchev–Trinajstić information content (AvgIpc) is 2.79. The Hall–Kier alpha value is -3.28. The Balaban J connectivity index is 1.65. The molecule has 0 aliphatic heterocycles. The van der Waals surface area contributed by atoms with E-state index in [0.717, 1.165) is 29.0 Å². The highest BCUT2D eigenvalue weighted by Gasteiger charge is 2.05. The molecule has 2 rings (SSSR count). The predicted octanol–water partition coefficient (Wildman–Crippen LogP) is 5.25. The van der Waals surface area contributed by atoms with Crippen molar-refractivity contribution >= 4 is 23.2 Å². The van der Waals surface area contributed by atoms with Crippen LogP contribution in [0.1, 0.15) is 79.3 Å². The summed E-state index contributed by atoms with van der Waals surface area (Å²) in [7, 11) is 0. The zero-order valence-corrected chi connectivity index (χ0v) is 20.7. The molecule has 2 N–H and O–H groups in total. The monoisotopic (exact) mass is 448 g/mol. The van der Waals surface area contributed by atoms with Crippen LogP contribution in [-0.4, -0.2) is 23.2 Å². The number of nitrogens with zero attached hydrogens (tertiary/aromatic N) is 2. The molecule has 0 aliphatic rings. The second-order valence-corrected chi connectivity index (χ2v) is 8.62. The van der Waals surface area contributed by atoms with Crippen LogP contribution in [0.15, 0.2) is 46.6 Å². The van der Waals surface area contributed by atoms with Crippen molar-refractivity contribution in [1.82, 2.24) is 10.9 Å². The average molecular weight is 449 g/mol. The SMILES string of the molecule is C/C(=N\NC(=O)CCCCCC(=O)N/N=C(\C)c1ccc(C)c(C)c1)c1ccc(C)c(C)c1. The minimum atomic E-state index is -0.115. The van der Waals surface area contributed by atoms with Gasteiger partial charge in [-0.1, -0.05) is 30.7 Å². The molecule has 0 saturated carbocycles. The fourth-order valence-corrected chi connectivity index (χ4v) is 3.21. The molecule has 0 saturated heterocycles. The molecule has 6 heteroatoms. The predicted molar refractivity (Wildman–Crippen MR) is 136 cm³/mol. The number of hydrogen-bond acceptors (Lipinski definition) is 4. The van der Waals surface area contributed by atoms with Gasteiger partial charge < -0.3 is 0 Å². The van der Waals surface area contributed by atoms with Gasteiger partial charge in [-0.15, -0.1) is 0 Å². The largest absolute Gasteiger partial charge is 0.273 e. The first-order chi connectivity index (χ1) is 15.7. The standard InChI is InChI=1S/C27H36N4O2/c1-18-12-14-24(16-20(18)3)22(5)28-30-26(32)10-8-7-9-11-27(33)31-29-23(6)25-15-13-19(2)21(4)17-25/h12-17H,7-11H2,1-6H3,(H,30,32)(H,31,33)/b28-22+,29-23+. The van der Waals surface area contributed by atoms with Crippen molar-refractivity contribution in [1.29, 1.82) is 0 Å². The van der Waals surface area contributed by atoms with Gasteiger partial charge in [-0.3, -0.25) is 9.59 Å². The minimum absolute atomic E-state index is 0.115. The summed E-state index contributed by atoms with van der Waals surface area (Å²) in [5.41, 5.74) is 13.7. The van der Waals surface area contributed by atoms with Crippen LogP contribution in [0.4, 0.5) is 0 Å². The smallest absolute Gasteiger partial charge is 0.240 e. The van der Waals surface area contributed by atoms with Crippen LogP contribution >= 0.6 is 0 Å². The third-order valence-electron chi connectivity index (χ3n) is 5.85. The highest BCUT2D eigenvalue weighted by molar-refractivity contribution is 6.00. The number of carbonyl (C=O) groups excluding carboxylic acids is 2. The van der Waals surface area contributed by atoms with Gasteiger partial charge in [0.2, 0.25) is 11.8 Å². The Morgan fingerprint density at radius 1 is 0.636 bits per heavy atom. The number of hydrazone groups is 2. The molecule has 2 aromatic carbocycles. The Labute approximate surface area is 197 Å². The zero-order chi connectivity index (χ0) is 24.4. The molecule has 0 aliphatic carbocycles. The number of carbonyl (C=O) groups is 2. The molecule has 33 heavy (non-hydrogen) atoms. The van der Waals surface area contributed by atoms with E-state index in [1.54, 1.807) is 0 Å². The number of unbranched alkanes of at least 4 members (excludes halogenated alkanes) is 2. The van der Waals surface area contributed by atoms with E-state index >= 15 is 0 Å². The Morgan fingerprint density at radius 3 is 1.39 bits per heavy atom. The van der Waals surface area contributed by atoms with Gasteiger partial charge in [0.25, 0.3) is 0 Å². The van der Waals surface area contributed by atoms with Gasteiger partial charge in [0.15, 0.2) is 0 Å². The van der Waals surface area contributed by atoms with E-state index < -0.39 is 0 Å². The third-order valence-corrected chi connectivity index (χ3v) is 5.85. The first kappa shape index (κ1) is 26.0. The van der Waals surface area contributed by atoms with Gasteiger partial charge in [-0.2, -0.15) is 10.2 Å². The lowest BCUT2D eigenvalue weighted by molar-refractivity contribution is -0.121. The Morgan fingerprint density at radius 2 is 1.03 bits per heavy atom. The maximum Gasteiger partial charge on any atom is 0.240 e. The fraction of sp³-hybridized carbons (Fsp3) is 0.407. The van der Waals surface area contributed by atoms with Gasteiger partial charge in [0, 0.05) is 12.8 Å². The van der Waals surface area contributed by atoms with Crippen molar-refractivity contribution in [3.63, 3.8) is 0 Å². The number of amides is 2. The molecule has 0 bridgehead atoms. The lowest BCUT2D eigenvalue weighted by Crippen LogP contribution is -2.19. The van der Waals surface area contributed by atoms with Gasteiger partial charge in [0.1, 0.15) is 0 Å². The van der Waals surface area contributed by atoms with Gasteiger partial charge in [-0.05, 0) is 99.9 Å². The highest BCUT2D eigenvalue weighted by atomic mass is 16.2. The molecule has 176 valence electrons. The fourth-order valence-electron chi connectivity index (χ4n) is 3.21. The molecular weight excluding hydrogens is 412 g/mol. The van der Waals surface area contributed by atoms with E-state index in [1.165, 1.54) is 22.3 Å². The van der Waals surface area contributed by atoms with Crippen LogP contribution in [0.3, 0.4) is 0 Å². The Bertz CT molecular complexity index is 971. The number of nitrogens with one attached hydrogen (secondary N) is 2. The summed E-state index contributed by atoms with van der Waals surface area (Å²) in [5, 5.41) is 8.41. The molecule has 0 unspecified atom stereocenters. The number of benzene rings is 2. The van der Waals surface area contributed by atoms with Crippen LogP contribution in [0.5, 0.6) is 0 Å². The van der Waals surface area contributed by atoms with Crippen molar-refractivity contribution in [3.8, 4) is 0 Å². The number of aryl methyl sites for hydroxylation is 4. The second kappa shape index (κ2) is 12.7. The van der Waals surface area contributed by atoms with E-state index in [9.17, 15) is 9.59 Å². The maximum atomic E-state index is 12.0. The van der Waals surface area contributed by atoms with Crippen LogP contribution in [0, 0.1) is 27.7 Å². The third kappa shape index (κ3) is 8.64. The minimum Gasteiger partial charge on any atom is -0.273 e. The molecule has 0 fully saturated rings. The molecule has 2 amide bonds.